The minimum absolute atomic E-state index is 0.119. The van der Waals surface area contributed by atoms with Gasteiger partial charge in [0.05, 0.1) is 12.6 Å². The fourth-order valence-electron chi connectivity index (χ4n) is 5.89. The van der Waals surface area contributed by atoms with Crippen LogP contribution in [0.15, 0.2) is 110 Å². The van der Waals surface area contributed by atoms with Crippen molar-refractivity contribution in [3.63, 3.8) is 0 Å². The third-order valence-electron chi connectivity index (χ3n) is 8.57. The number of piperidine rings is 1. The Bertz CT molecular complexity index is 1380. The molecule has 2 aromatic carbocycles. The van der Waals surface area contributed by atoms with Gasteiger partial charge in [-0.15, -0.1) is 10.2 Å². The molecule has 288 valence electrons. The summed E-state index contributed by atoms with van der Waals surface area (Å²) in [6.07, 6.45) is 7.24. The van der Waals surface area contributed by atoms with Crippen molar-refractivity contribution in [3.8, 4) is 0 Å². The highest BCUT2D eigenvalue weighted by molar-refractivity contribution is 5.19. The molecule has 0 spiro atoms. The molecule has 2 unspecified atom stereocenters. The van der Waals surface area contributed by atoms with E-state index >= 15 is 0 Å². The van der Waals surface area contributed by atoms with Crippen LogP contribution >= 0.6 is 0 Å². The van der Waals surface area contributed by atoms with Crippen LogP contribution < -0.4 is 27.8 Å². The molecule has 2 atom stereocenters. The molecule has 0 radical (unpaired) electrons. The number of rotatable bonds is 16. The summed E-state index contributed by atoms with van der Waals surface area (Å²) >= 11 is 0. The molecule has 1 aromatic heterocycles. The number of unbranched alkanes of at least 4 members (excludes halogenated alkanes) is 1. The second-order valence-corrected chi connectivity index (χ2v) is 14.1. The summed E-state index contributed by atoms with van der Waals surface area (Å²) in [7, 11) is 0. The number of nitrogens with two attached hydrogens (primary N) is 3. The maximum Gasteiger partial charge on any atom is 0.130 e. The van der Waals surface area contributed by atoms with Crippen molar-refractivity contribution in [1.29, 1.82) is 0 Å². The first-order chi connectivity index (χ1) is 24.9. The van der Waals surface area contributed by atoms with Crippen LogP contribution in [0.5, 0.6) is 0 Å². The molecule has 0 amide bonds. The molecule has 1 aliphatic rings. The second kappa shape index (κ2) is 26.4. The quantitative estimate of drug-likeness (QED) is 0.0976. The fourth-order valence-corrected chi connectivity index (χ4v) is 5.89. The van der Waals surface area contributed by atoms with Crippen LogP contribution in [0.3, 0.4) is 0 Å². The molecule has 3 aromatic rings. The zero-order chi connectivity index (χ0) is 38.9. The molecule has 1 aliphatic heterocycles. The maximum absolute atomic E-state index is 6.08. The molecule has 1 fully saturated rings. The molecule has 0 bridgehead atoms. The van der Waals surface area contributed by atoms with E-state index in [1.54, 1.807) is 0 Å². The van der Waals surface area contributed by atoms with Crippen LogP contribution in [0, 0.1) is 32.6 Å². The van der Waals surface area contributed by atoms with Crippen LogP contribution in [0.25, 0.3) is 0 Å². The fraction of sp³-hybridized carbons (Fsp3) is 0.488. The SMILES string of the molecule is C=C(CNC(=C)C(CN)Cc1ccccc1)NC(CCCCN)C(=C)N1CCC(n2c(C)nnc2C)CC1.C=CN.CC(C)C.Cc1ccccc1. The van der Waals surface area contributed by atoms with Gasteiger partial charge in [0.25, 0.3) is 0 Å². The second-order valence-electron chi connectivity index (χ2n) is 14.1. The van der Waals surface area contributed by atoms with Crippen molar-refractivity contribution in [1.82, 2.24) is 30.3 Å². The van der Waals surface area contributed by atoms with Crippen molar-refractivity contribution in [2.24, 2.45) is 29.0 Å². The molecular formula is C43H71N9. The minimum atomic E-state index is 0.119. The van der Waals surface area contributed by atoms with Gasteiger partial charge >= 0.3 is 0 Å². The lowest BCUT2D eigenvalue weighted by Crippen LogP contribution is -2.43. The van der Waals surface area contributed by atoms with Gasteiger partial charge in [-0.1, -0.05) is 113 Å². The van der Waals surface area contributed by atoms with E-state index in [4.69, 9.17) is 11.5 Å². The van der Waals surface area contributed by atoms with E-state index in [1.807, 2.05) is 38.1 Å². The Balaban J connectivity index is 0.000000810. The van der Waals surface area contributed by atoms with Crippen molar-refractivity contribution in [2.75, 3.05) is 32.7 Å². The Hall–Kier alpha value is -4.34. The largest absolute Gasteiger partial charge is 0.405 e. The lowest BCUT2D eigenvalue weighted by atomic mass is 9.96. The summed E-state index contributed by atoms with van der Waals surface area (Å²) in [5, 5.41) is 15.6. The standard InChI is InChI=1S/C30H48N8.C7H8.C4H10.C2H5N/c1-22(21-33-23(2)28(20-32)19-27-11-7-6-8-12-27)34-30(13-9-10-16-31)24(3)37-17-14-29(15-18-37)38-25(4)35-36-26(38)5;1-7-5-3-2-4-6-7;1-4(2)3;1-2-3/h6-8,11-12,28-30,33-34H,1-3,9-10,13-21,31-32H2,4-5H3;2-6H,1H3;4H,1-3H3;2H,1,3H2. The molecule has 4 rings (SSSR count). The highest BCUT2D eigenvalue weighted by Gasteiger charge is 2.27. The van der Waals surface area contributed by atoms with Crippen LogP contribution in [0.2, 0.25) is 0 Å². The van der Waals surface area contributed by atoms with Gasteiger partial charge in [0.1, 0.15) is 11.6 Å². The molecular weight excluding hydrogens is 643 g/mol. The van der Waals surface area contributed by atoms with Crippen LogP contribution in [-0.2, 0) is 6.42 Å². The summed E-state index contributed by atoms with van der Waals surface area (Å²) in [6, 6.07) is 21.2. The molecule has 0 aliphatic carbocycles. The number of nitrogens with one attached hydrogen (secondary N) is 2. The first-order valence-electron chi connectivity index (χ1n) is 18.8. The number of nitrogens with zero attached hydrogens (tertiary/aromatic N) is 4. The van der Waals surface area contributed by atoms with E-state index in [1.165, 1.54) is 17.3 Å². The predicted molar refractivity (Wildman–Crippen MR) is 223 cm³/mol. The third kappa shape index (κ3) is 18.2. The summed E-state index contributed by atoms with van der Waals surface area (Å²) < 4.78 is 2.28. The smallest absolute Gasteiger partial charge is 0.130 e. The van der Waals surface area contributed by atoms with E-state index in [0.29, 0.717) is 25.7 Å². The third-order valence-corrected chi connectivity index (χ3v) is 8.57. The van der Waals surface area contributed by atoms with Crippen LogP contribution in [0.4, 0.5) is 0 Å². The van der Waals surface area contributed by atoms with Crippen molar-refractivity contribution in [2.45, 2.75) is 92.2 Å². The molecule has 9 nitrogen and oxygen atoms in total. The summed E-state index contributed by atoms with van der Waals surface area (Å²) in [4.78, 5) is 2.43. The van der Waals surface area contributed by atoms with Crippen molar-refractivity contribution in [3.05, 3.63) is 133 Å². The minimum Gasteiger partial charge on any atom is -0.405 e. The highest BCUT2D eigenvalue weighted by atomic mass is 15.3. The molecule has 9 heteroatoms. The average Bonchev–Trinajstić information content (AvgIpc) is 3.47. The number of hydrogen-bond acceptors (Lipinski definition) is 8. The number of benzene rings is 2. The summed E-state index contributed by atoms with van der Waals surface area (Å²) in [5.41, 5.74) is 22.1. The van der Waals surface area contributed by atoms with E-state index in [2.05, 4.69) is 126 Å². The zero-order valence-electron chi connectivity index (χ0n) is 33.3. The van der Waals surface area contributed by atoms with E-state index < -0.39 is 0 Å². The Labute approximate surface area is 316 Å². The molecule has 1 saturated heterocycles. The van der Waals surface area contributed by atoms with Crippen LogP contribution in [0.1, 0.15) is 81.7 Å². The number of hydrogen-bond donors (Lipinski definition) is 5. The molecule has 0 saturated carbocycles. The van der Waals surface area contributed by atoms with E-state index in [9.17, 15) is 0 Å². The molecule has 52 heavy (non-hydrogen) atoms. The lowest BCUT2D eigenvalue weighted by Gasteiger charge is -2.39. The number of aromatic nitrogens is 3. The maximum atomic E-state index is 6.08. The van der Waals surface area contributed by atoms with Crippen molar-refractivity contribution >= 4 is 0 Å². The van der Waals surface area contributed by atoms with Gasteiger partial charge in [0.15, 0.2) is 0 Å². The molecule has 8 N–H and O–H groups in total. The van der Waals surface area contributed by atoms with E-state index in [-0.39, 0.29) is 12.0 Å². The van der Waals surface area contributed by atoms with Gasteiger partial charge in [0.2, 0.25) is 0 Å². The number of likely N-dealkylation sites (tertiary alicyclic amines) is 1. The van der Waals surface area contributed by atoms with Crippen molar-refractivity contribution < 1.29 is 0 Å². The van der Waals surface area contributed by atoms with E-state index in [0.717, 1.165) is 86.3 Å². The number of aryl methyl sites for hydroxylation is 3. The Morgan fingerprint density at radius 2 is 1.40 bits per heavy atom. The first-order valence-corrected chi connectivity index (χ1v) is 18.8. The van der Waals surface area contributed by atoms with Gasteiger partial charge < -0.3 is 37.3 Å². The van der Waals surface area contributed by atoms with Gasteiger partial charge in [-0.3, -0.25) is 0 Å². The normalized spacial score (nSPS) is 13.5. The van der Waals surface area contributed by atoms with Crippen LogP contribution in [-0.4, -0.2) is 58.4 Å². The predicted octanol–water partition coefficient (Wildman–Crippen LogP) is 7.31. The average molecular weight is 714 g/mol. The zero-order valence-corrected chi connectivity index (χ0v) is 33.3. The monoisotopic (exact) mass is 714 g/mol. The Morgan fingerprint density at radius 1 is 0.885 bits per heavy atom. The Kier molecular flexibility index (Phi) is 23.2. The van der Waals surface area contributed by atoms with Gasteiger partial charge in [-0.05, 0) is 83.5 Å². The van der Waals surface area contributed by atoms with Gasteiger partial charge in [-0.2, -0.15) is 0 Å². The first kappa shape index (κ1) is 45.7. The Morgan fingerprint density at radius 3 is 1.87 bits per heavy atom. The lowest BCUT2D eigenvalue weighted by molar-refractivity contribution is 0.210. The molecule has 2 heterocycles. The van der Waals surface area contributed by atoms with Gasteiger partial charge in [0, 0.05) is 48.7 Å². The summed E-state index contributed by atoms with van der Waals surface area (Å²) in [6.45, 7) is 32.7. The van der Waals surface area contributed by atoms with Gasteiger partial charge in [-0.25, -0.2) is 0 Å². The topological polar surface area (TPSA) is 136 Å². The highest BCUT2D eigenvalue weighted by Crippen LogP contribution is 2.28. The summed E-state index contributed by atoms with van der Waals surface area (Å²) in [5.74, 6) is 2.99.